The summed E-state index contributed by atoms with van der Waals surface area (Å²) >= 11 is 0. The maximum absolute atomic E-state index is 14.0. The van der Waals surface area contributed by atoms with Gasteiger partial charge in [0.2, 0.25) is 0 Å². The summed E-state index contributed by atoms with van der Waals surface area (Å²) in [4.78, 5) is 5.93. The van der Waals surface area contributed by atoms with Gasteiger partial charge in [0.15, 0.2) is 5.96 Å². The summed E-state index contributed by atoms with van der Waals surface area (Å²) in [7, 11) is 5.28. The standard InChI is InChI=1S/C17H28F2N4/c1-12(2)9-10-21-17(20-3)22-11-15(23(4)5)16-13(18)7-6-8-14(16)19/h6-8,12,15H,9-11H2,1-5H3,(H2,20,21,22). The number of aliphatic imine (C=N–C) groups is 1. The van der Waals surface area contributed by atoms with Crippen LogP contribution in [0.1, 0.15) is 31.9 Å². The first-order chi connectivity index (χ1) is 10.9. The number of halogens is 2. The summed E-state index contributed by atoms with van der Waals surface area (Å²) in [5.74, 6) is 0.165. The van der Waals surface area contributed by atoms with E-state index in [1.165, 1.54) is 18.2 Å². The molecule has 0 saturated heterocycles. The van der Waals surface area contributed by atoms with Gasteiger partial charge in [-0.25, -0.2) is 8.78 Å². The van der Waals surface area contributed by atoms with Crippen LogP contribution in [0.3, 0.4) is 0 Å². The first kappa shape index (κ1) is 19.4. The lowest BCUT2D eigenvalue weighted by atomic mass is 10.0. The first-order valence-corrected chi connectivity index (χ1v) is 7.91. The molecular formula is C17H28F2N4. The molecule has 1 unspecified atom stereocenters. The fraction of sp³-hybridized carbons (Fsp3) is 0.588. The van der Waals surface area contributed by atoms with Crippen LogP contribution in [0.4, 0.5) is 8.78 Å². The zero-order valence-corrected chi connectivity index (χ0v) is 14.7. The Morgan fingerprint density at radius 2 is 1.78 bits per heavy atom. The number of hydrogen-bond acceptors (Lipinski definition) is 2. The molecule has 0 radical (unpaired) electrons. The van der Waals surface area contributed by atoms with Crippen molar-refractivity contribution in [3.05, 3.63) is 35.4 Å². The zero-order valence-electron chi connectivity index (χ0n) is 14.7. The van der Waals surface area contributed by atoms with Gasteiger partial charge in [-0.2, -0.15) is 0 Å². The monoisotopic (exact) mass is 326 g/mol. The molecule has 1 rings (SSSR count). The summed E-state index contributed by atoms with van der Waals surface area (Å²) < 4.78 is 28.0. The normalized spacial score (nSPS) is 13.5. The van der Waals surface area contributed by atoms with Gasteiger partial charge in [-0.05, 0) is 38.6 Å². The van der Waals surface area contributed by atoms with Crippen LogP contribution in [-0.2, 0) is 0 Å². The van der Waals surface area contributed by atoms with Crippen molar-refractivity contribution in [1.82, 2.24) is 15.5 Å². The highest BCUT2D eigenvalue weighted by molar-refractivity contribution is 5.79. The summed E-state index contributed by atoms with van der Waals surface area (Å²) in [6, 6.07) is 3.51. The largest absolute Gasteiger partial charge is 0.356 e. The Kier molecular flexibility index (Phi) is 7.95. The van der Waals surface area contributed by atoms with E-state index in [9.17, 15) is 8.78 Å². The average molecular weight is 326 g/mol. The number of nitrogens with zero attached hydrogens (tertiary/aromatic N) is 2. The third-order valence-electron chi connectivity index (χ3n) is 3.66. The molecule has 6 heteroatoms. The minimum absolute atomic E-state index is 0.0719. The number of rotatable bonds is 7. The minimum Gasteiger partial charge on any atom is -0.356 e. The number of nitrogens with one attached hydrogen (secondary N) is 2. The first-order valence-electron chi connectivity index (χ1n) is 7.91. The molecule has 0 aliphatic heterocycles. The lowest BCUT2D eigenvalue weighted by molar-refractivity contribution is 0.282. The second kappa shape index (κ2) is 9.45. The Labute approximate surface area is 138 Å². The minimum atomic E-state index is -0.534. The quantitative estimate of drug-likeness (QED) is 0.598. The highest BCUT2D eigenvalue weighted by Gasteiger charge is 2.22. The van der Waals surface area contributed by atoms with Gasteiger partial charge in [-0.3, -0.25) is 4.99 Å². The Bertz CT molecular complexity index is 495. The molecule has 0 aliphatic carbocycles. The van der Waals surface area contributed by atoms with Crippen LogP contribution in [0.5, 0.6) is 0 Å². The van der Waals surface area contributed by atoms with Crippen molar-refractivity contribution >= 4 is 5.96 Å². The molecule has 0 aromatic heterocycles. The van der Waals surface area contributed by atoms with E-state index in [4.69, 9.17) is 0 Å². The molecule has 0 bridgehead atoms. The summed E-state index contributed by atoms with van der Waals surface area (Å²) in [5, 5.41) is 6.35. The van der Waals surface area contributed by atoms with Gasteiger partial charge >= 0.3 is 0 Å². The molecule has 23 heavy (non-hydrogen) atoms. The lowest BCUT2D eigenvalue weighted by Gasteiger charge is -2.26. The Morgan fingerprint density at radius 1 is 1.17 bits per heavy atom. The fourth-order valence-electron chi connectivity index (χ4n) is 2.27. The van der Waals surface area contributed by atoms with Crippen molar-refractivity contribution in [2.45, 2.75) is 26.3 Å². The average Bonchev–Trinajstić information content (AvgIpc) is 2.47. The molecule has 2 N–H and O–H groups in total. The third-order valence-corrected chi connectivity index (χ3v) is 3.66. The van der Waals surface area contributed by atoms with Gasteiger partial charge in [-0.15, -0.1) is 0 Å². The second-order valence-electron chi connectivity index (χ2n) is 6.18. The summed E-state index contributed by atoms with van der Waals surface area (Å²) in [6.45, 7) is 5.46. The molecule has 0 spiro atoms. The van der Waals surface area contributed by atoms with Crippen molar-refractivity contribution in [1.29, 1.82) is 0 Å². The van der Waals surface area contributed by atoms with Gasteiger partial charge in [0.1, 0.15) is 11.6 Å². The molecule has 0 amide bonds. The van der Waals surface area contributed by atoms with E-state index >= 15 is 0 Å². The van der Waals surface area contributed by atoms with E-state index in [1.54, 1.807) is 26.0 Å². The molecule has 1 aromatic rings. The number of likely N-dealkylation sites (N-methyl/N-ethyl adjacent to an activating group) is 1. The van der Waals surface area contributed by atoms with Crippen LogP contribution >= 0.6 is 0 Å². The van der Waals surface area contributed by atoms with E-state index in [0.29, 0.717) is 18.4 Å². The van der Waals surface area contributed by atoms with E-state index in [-0.39, 0.29) is 5.56 Å². The number of benzene rings is 1. The van der Waals surface area contributed by atoms with Gasteiger partial charge in [-0.1, -0.05) is 19.9 Å². The Hall–Kier alpha value is -1.69. The molecule has 4 nitrogen and oxygen atoms in total. The summed E-state index contributed by atoms with van der Waals surface area (Å²) in [5.41, 5.74) is 0.0719. The SMILES string of the molecule is CN=C(NCCC(C)C)NCC(c1c(F)cccc1F)N(C)C. The van der Waals surface area contributed by atoms with Gasteiger partial charge in [0.05, 0.1) is 6.04 Å². The predicted octanol–water partition coefficient (Wildman–Crippen LogP) is 2.78. The molecule has 1 aromatic carbocycles. The lowest BCUT2D eigenvalue weighted by Crippen LogP contribution is -2.42. The van der Waals surface area contributed by atoms with E-state index in [0.717, 1.165) is 13.0 Å². The van der Waals surface area contributed by atoms with Gasteiger partial charge in [0.25, 0.3) is 0 Å². The second-order valence-corrected chi connectivity index (χ2v) is 6.18. The Balaban J connectivity index is 2.73. The molecule has 0 heterocycles. The van der Waals surface area contributed by atoms with Crippen LogP contribution in [-0.4, -0.2) is 45.1 Å². The van der Waals surface area contributed by atoms with Crippen molar-refractivity contribution in [3.8, 4) is 0 Å². The van der Waals surface area contributed by atoms with Gasteiger partial charge in [0, 0.05) is 25.7 Å². The molecule has 0 fully saturated rings. The van der Waals surface area contributed by atoms with E-state index in [2.05, 4.69) is 29.5 Å². The maximum Gasteiger partial charge on any atom is 0.191 e. The Morgan fingerprint density at radius 3 is 2.26 bits per heavy atom. The highest BCUT2D eigenvalue weighted by atomic mass is 19.1. The maximum atomic E-state index is 14.0. The molecule has 0 saturated carbocycles. The van der Waals surface area contributed by atoms with Crippen molar-refractivity contribution in [2.75, 3.05) is 34.2 Å². The highest BCUT2D eigenvalue weighted by Crippen LogP contribution is 2.23. The third kappa shape index (κ3) is 6.14. The fourth-order valence-corrected chi connectivity index (χ4v) is 2.27. The molecule has 1 atom stereocenters. The topological polar surface area (TPSA) is 39.7 Å². The summed E-state index contributed by atoms with van der Waals surface area (Å²) in [6.07, 6.45) is 1.03. The van der Waals surface area contributed by atoms with E-state index in [1.807, 2.05) is 0 Å². The number of hydrogen-bond donors (Lipinski definition) is 2. The van der Waals surface area contributed by atoms with Crippen LogP contribution in [0, 0.1) is 17.6 Å². The van der Waals surface area contributed by atoms with E-state index < -0.39 is 17.7 Å². The van der Waals surface area contributed by atoms with Crippen LogP contribution in [0.15, 0.2) is 23.2 Å². The van der Waals surface area contributed by atoms with Gasteiger partial charge < -0.3 is 15.5 Å². The van der Waals surface area contributed by atoms with Crippen molar-refractivity contribution in [3.63, 3.8) is 0 Å². The van der Waals surface area contributed by atoms with Crippen LogP contribution in [0.2, 0.25) is 0 Å². The molecule has 0 aliphatic rings. The smallest absolute Gasteiger partial charge is 0.191 e. The molecular weight excluding hydrogens is 298 g/mol. The van der Waals surface area contributed by atoms with Crippen LogP contribution < -0.4 is 10.6 Å². The van der Waals surface area contributed by atoms with Crippen molar-refractivity contribution in [2.24, 2.45) is 10.9 Å². The van der Waals surface area contributed by atoms with Crippen molar-refractivity contribution < 1.29 is 8.78 Å². The van der Waals surface area contributed by atoms with Crippen LogP contribution in [0.25, 0.3) is 0 Å². The zero-order chi connectivity index (χ0) is 17.4. The number of guanidine groups is 1. The predicted molar refractivity (Wildman–Crippen MR) is 91.6 cm³/mol. The molecule has 130 valence electrons.